The van der Waals surface area contributed by atoms with Gasteiger partial charge in [0.15, 0.2) is 0 Å². The first-order chi connectivity index (χ1) is 8.47. The SMILES string of the molecule is O=C(OC1CCN(c2nncs2)CC1)C(F)(F)F. The van der Waals surface area contributed by atoms with Crippen LogP contribution in [0.3, 0.4) is 0 Å². The van der Waals surface area contributed by atoms with Crippen molar-refractivity contribution in [3.05, 3.63) is 5.51 Å². The molecule has 0 bridgehead atoms. The lowest BCUT2D eigenvalue weighted by atomic mass is 10.1. The van der Waals surface area contributed by atoms with Crippen molar-refractivity contribution in [3.8, 4) is 0 Å². The van der Waals surface area contributed by atoms with E-state index in [4.69, 9.17) is 0 Å². The topological polar surface area (TPSA) is 55.3 Å². The van der Waals surface area contributed by atoms with Gasteiger partial charge in [0.2, 0.25) is 5.13 Å². The molecule has 0 radical (unpaired) electrons. The number of ether oxygens (including phenoxy) is 1. The average Bonchev–Trinajstić information content (AvgIpc) is 2.82. The summed E-state index contributed by atoms with van der Waals surface area (Å²) in [6.07, 6.45) is -4.87. The van der Waals surface area contributed by atoms with Gasteiger partial charge in [-0.1, -0.05) is 11.3 Å². The van der Waals surface area contributed by atoms with Gasteiger partial charge in [0.1, 0.15) is 11.6 Å². The summed E-state index contributed by atoms with van der Waals surface area (Å²) in [5.41, 5.74) is 1.59. The first kappa shape index (κ1) is 13.1. The molecule has 1 aromatic rings. The molecule has 0 aliphatic carbocycles. The zero-order valence-electron chi connectivity index (χ0n) is 9.18. The number of hydrogen-bond donors (Lipinski definition) is 0. The largest absolute Gasteiger partial charge is 0.490 e. The fourth-order valence-corrected chi connectivity index (χ4v) is 2.30. The van der Waals surface area contributed by atoms with Gasteiger partial charge in [0, 0.05) is 25.9 Å². The lowest BCUT2D eigenvalue weighted by Crippen LogP contribution is -2.40. The second kappa shape index (κ2) is 5.09. The van der Waals surface area contributed by atoms with Gasteiger partial charge in [-0.05, 0) is 0 Å². The van der Waals surface area contributed by atoms with E-state index < -0.39 is 18.2 Å². The van der Waals surface area contributed by atoms with Crippen LogP contribution in [0, 0.1) is 0 Å². The fourth-order valence-electron chi connectivity index (χ4n) is 1.69. The molecule has 0 saturated carbocycles. The van der Waals surface area contributed by atoms with E-state index in [0.717, 1.165) is 5.13 Å². The van der Waals surface area contributed by atoms with Crippen molar-refractivity contribution in [2.75, 3.05) is 18.0 Å². The van der Waals surface area contributed by atoms with Gasteiger partial charge in [0.25, 0.3) is 0 Å². The zero-order chi connectivity index (χ0) is 13.2. The predicted octanol–water partition coefficient (Wildman–Crippen LogP) is 1.61. The van der Waals surface area contributed by atoms with E-state index in [1.165, 1.54) is 11.3 Å². The molecule has 0 aromatic carbocycles. The van der Waals surface area contributed by atoms with Gasteiger partial charge in [-0.3, -0.25) is 0 Å². The van der Waals surface area contributed by atoms with Crippen molar-refractivity contribution in [2.45, 2.75) is 25.1 Å². The Morgan fingerprint density at radius 2 is 2.11 bits per heavy atom. The Morgan fingerprint density at radius 1 is 1.44 bits per heavy atom. The Hall–Kier alpha value is -1.38. The first-order valence-electron chi connectivity index (χ1n) is 5.26. The van der Waals surface area contributed by atoms with Crippen LogP contribution in [0.1, 0.15) is 12.8 Å². The standard InChI is InChI=1S/C9H10F3N3O2S/c10-9(11,12)7(16)17-6-1-3-15(4-2-6)8-14-13-5-18-8/h5-6H,1-4H2. The van der Waals surface area contributed by atoms with Crippen molar-refractivity contribution in [2.24, 2.45) is 0 Å². The number of anilines is 1. The summed E-state index contributed by atoms with van der Waals surface area (Å²) in [7, 11) is 0. The molecule has 18 heavy (non-hydrogen) atoms. The molecule has 9 heteroatoms. The van der Waals surface area contributed by atoms with Crippen LogP contribution in [0.4, 0.5) is 18.3 Å². The number of esters is 1. The normalized spacial score (nSPS) is 17.8. The Kier molecular flexibility index (Phi) is 3.69. The molecule has 2 heterocycles. The van der Waals surface area contributed by atoms with Gasteiger partial charge in [0.05, 0.1) is 0 Å². The van der Waals surface area contributed by atoms with Crippen LogP contribution < -0.4 is 4.90 Å². The molecule has 0 N–H and O–H groups in total. The third-order valence-corrected chi connectivity index (χ3v) is 3.32. The monoisotopic (exact) mass is 281 g/mol. The third-order valence-electron chi connectivity index (χ3n) is 2.57. The van der Waals surface area contributed by atoms with Crippen molar-refractivity contribution >= 4 is 22.4 Å². The molecular weight excluding hydrogens is 271 g/mol. The van der Waals surface area contributed by atoms with E-state index in [1.54, 1.807) is 5.51 Å². The molecule has 1 aliphatic rings. The van der Waals surface area contributed by atoms with E-state index in [1.807, 2.05) is 4.90 Å². The highest BCUT2D eigenvalue weighted by atomic mass is 32.1. The van der Waals surface area contributed by atoms with Crippen LogP contribution in [-0.2, 0) is 9.53 Å². The maximum Gasteiger partial charge on any atom is 0.490 e. The van der Waals surface area contributed by atoms with E-state index in [9.17, 15) is 18.0 Å². The van der Waals surface area contributed by atoms with Crippen LogP contribution >= 0.6 is 11.3 Å². The van der Waals surface area contributed by atoms with Gasteiger partial charge in [-0.15, -0.1) is 10.2 Å². The first-order valence-corrected chi connectivity index (χ1v) is 6.13. The van der Waals surface area contributed by atoms with Crippen LogP contribution in [-0.4, -0.2) is 41.5 Å². The van der Waals surface area contributed by atoms with E-state index >= 15 is 0 Å². The van der Waals surface area contributed by atoms with Crippen LogP contribution in [0.5, 0.6) is 0 Å². The molecule has 0 atom stereocenters. The van der Waals surface area contributed by atoms with Crippen LogP contribution in [0.25, 0.3) is 0 Å². The second-order valence-electron chi connectivity index (χ2n) is 3.81. The maximum atomic E-state index is 12.0. The van der Waals surface area contributed by atoms with Crippen molar-refractivity contribution in [3.63, 3.8) is 0 Å². The Morgan fingerprint density at radius 3 is 2.61 bits per heavy atom. The minimum Gasteiger partial charge on any atom is -0.456 e. The fraction of sp³-hybridized carbons (Fsp3) is 0.667. The molecular formula is C9H10F3N3O2S. The smallest absolute Gasteiger partial charge is 0.456 e. The molecule has 100 valence electrons. The summed E-state index contributed by atoms with van der Waals surface area (Å²) in [6, 6.07) is 0. The number of aromatic nitrogens is 2. The summed E-state index contributed by atoms with van der Waals surface area (Å²) in [4.78, 5) is 12.6. The second-order valence-corrected chi connectivity index (χ2v) is 4.62. The molecule has 1 aliphatic heterocycles. The third kappa shape index (κ3) is 3.09. The average molecular weight is 281 g/mol. The summed E-state index contributed by atoms with van der Waals surface area (Å²) in [6.45, 7) is 1.01. The van der Waals surface area contributed by atoms with Crippen molar-refractivity contribution in [1.82, 2.24) is 10.2 Å². The zero-order valence-corrected chi connectivity index (χ0v) is 10.00. The highest BCUT2D eigenvalue weighted by Crippen LogP contribution is 2.24. The molecule has 1 aromatic heterocycles. The van der Waals surface area contributed by atoms with Crippen LogP contribution in [0.15, 0.2) is 5.51 Å². The van der Waals surface area contributed by atoms with E-state index in [0.29, 0.717) is 25.9 Å². The lowest BCUT2D eigenvalue weighted by molar-refractivity contribution is -0.205. The summed E-state index contributed by atoms with van der Waals surface area (Å²) in [5.74, 6) is -2.11. The summed E-state index contributed by atoms with van der Waals surface area (Å²) in [5, 5.41) is 8.29. The number of halogens is 3. The Bertz CT molecular complexity index is 402. The van der Waals surface area contributed by atoms with E-state index in [2.05, 4.69) is 14.9 Å². The van der Waals surface area contributed by atoms with Gasteiger partial charge < -0.3 is 9.64 Å². The van der Waals surface area contributed by atoms with Crippen molar-refractivity contribution < 1.29 is 22.7 Å². The quantitative estimate of drug-likeness (QED) is 0.771. The summed E-state index contributed by atoms with van der Waals surface area (Å²) >= 11 is 1.36. The highest BCUT2D eigenvalue weighted by molar-refractivity contribution is 7.13. The molecule has 0 spiro atoms. The number of alkyl halides is 3. The van der Waals surface area contributed by atoms with E-state index in [-0.39, 0.29) is 0 Å². The molecule has 0 unspecified atom stereocenters. The number of piperidine rings is 1. The Balaban J connectivity index is 1.82. The number of nitrogens with zero attached hydrogens (tertiary/aromatic N) is 3. The highest BCUT2D eigenvalue weighted by Gasteiger charge is 2.42. The predicted molar refractivity (Wildman–Crippen MR) is 57.3 cm³/mol. The van der Waals surface area contributed by atoms with Gasteiger partial charge >= 0.3 is 12.1 Å². The van der Waals surface area contributed by atoms with Gasteiger partial charge in [-0.25, -0.2) is 4.79 Å². The maximum absolute atomic E-state index is 12.0. The molecule has 5 nitrogen and oxygen atoms in total. The minimum absolute atomic E-state index is 0.363. The lowest BCUT2D eigenvalue weighted by Gasteiger charge is -2.31. The van der Waals surface area contributed by atoms with Crippen LogP contribution in [0.2, 0.25) is 0 Å². The Labute approximate surface area is 105 Å². The summed E-state index contributed by atoms with van der Waals surface area (Å²) < 4.78 is 40.4. The number of rotatable bonds is 2. The number of hydrogen-bond acceptors (Lipinski definition) is 6. The molecule has 1 fully saturated rings. The van der Waals surface area contributed by atoms with Crippen molar-refractivity contribution in [1.29, 1.82) is 0 Å². The molecule has 0 amide bonds. The minimum atomic E-state index is -4.92. The molecule has 1 saturated heterocycles. The number of carbonyl (C=O) groups is 1. The van der Waals surface area contributed by atoms with Gasteiger partial charge in [-0.2, -0.15) is 13.2 Å². The number of carbonyl (C=O) groups excluding carboxylic acids is 1. The molecule has 2 rings (SSSR count).